The Hall–Kier alpha value is -0.780. The highest BCUT2D eigenvalue weighted by atomic mass is 79.9. The van der Waals surface area contributed by atoms with E-state index in [0.717, 1.165) is 4.47 Å². The molecule has 106 valence electrons. The molecule has 0 saturated carbocycles. The summed E-state index contributed by atoms with van der Waals surface area (Å²) in [4.78, 5) is 11.7. The highest BCUT2D eigenvalue weighted by Crippen LogP contribution is 2.25. The molecule has 2 amide bonds. The van der Waals surface area contributed by atoms with Crippen molar-refractivity contribution in [3.63, 3.8) is 0 Å². The first-order valence-electron chi connectivity index (χ1n) is 6.06. The van der Waals surface area contributed by atoms with E-state index in [1.165, 1.54) is 0 Å². The van der Waals surface area contributed by atoms with Crippen LogP contribution in [-0.4, -0.2) is 23.8 Å². The normalized spacial score (nSPS) is 13.7. The summed E-state index contributed by atoms with van der Waals surface area (Å²) in [5, 5.41) is 15.1. The number of benzene rings is 1. The van der Waals surface area contributed by atoms with Crippen molar-refractivity contribution in [2.75, 3.05) is 11.9 Å². The van der Waals surface area contributed by atoms with Gasteiger partial charge in [0.15, 0.2) is 0 Å². The number of nitrogens with one attached hydrogen (secondary N) is 2. The maximum absolute atomic E-state index is 11.7. The lowest BCUT2D eigenvalue weighted by Gasteiger charge is -2.15. The molecule has 1 aromatic rings. The molecule has 0 radical (unpaired) electrons. The van der Waals surface area contributed by atoms with Crippen LogP contribution in [0.4, 0.5) is 10.5 Å². The molecule has 0 aliphatic rings. The highest BCUT2D eigenvalue weighted by molar-refractivity contribution is 9.10. The van der Waals surface area contributed by atoms with Gasteiger partial charge in [-0.2, -0.15) is 0 Å². The van der Waals surface area contributed by atoms with Gasteiger partial charge in [-0.05, 0) is 37.5 Å². The van der Waals surface area contributed by atoms with Crippen molar-refractivity contribution in [3.05, 3.63) is 27.7 Å². The van der Waals surface area contributed by atoms with Gasteiger partial charge in [0.05, 0.1) is 16.8 Å². The molecule has 0 bridgehead atoms. The van der Waals surface area contributed by atoms with Gasteiger partial charge in [-0.25, -0.2) is 4.79 Å². The summed E-state index contributed by atoms with van der Waals surface area (Å²) in [5.41, 5.74) is 0.561. The van der Waals surface area contributed by atoms with Gasteiger partial charge in [0.2, 0.25) is 0 Å². The van der Waals surface area contributed by atoms with Crippen LogP contribution in [0.3, 0.4) is 0 Å². The first-order chi connectivity index (χ1) is 8.88. The van der Waals surface area contributed by atoms with E-state index in [1.807, 2.05) is 6.92 Å². The Morgan fingerprint density at radius 2 is 2.16 bits per heavy atom. The molecule has 0 aromatic heterocycles. The number of aliphatic hydroxyl groups excluding tert-OH is 1. The Morgan fingerprint density at radius 1 is 1.47 bits per heavy atom. The first kappa shape index (κ1) is 16.3. The van der Waals surface area contributed by atoms with E-state index in [1.54, 1.807) is 25.1 Å². The lowest BCUT2D eigenvalue weighted by Crippen LogP contribution is -2.33. The van der Waals surface area contributed by atoms with Crippen molar-refractivity contribution >= 4 is 39.2 Å². The van der Waals surface area contributed by atoms with E-state index >= 15 is 0 Å². The third-order valence-electron chi connectivity index (χ3n) is 2.53. The van der Waals surface area contributed by atoms with Crippen LogP contribution in [0, 0.1) is 5.92 Å². The van der Waals surface area contributed by atoms with Crippen LogP contribution in [0.15, 0.2) is 22.7 Å². The van der Waals surface area contributed by atoms with Crippen molar-refractivity contribution in [2.45, 2.75) is 26.4 Å². The SMILES string of the molecule is CC(O)CC(C)CNC(=O)Nc1ccc(Br)cc1Cl. The Labute approximate surface area is 126 Å². The van der Waals surface area contributed by atoms with Crippen LogP contribution in [0.1, 0.15) is 20.3 Å². The smallest absolute Gasteiger partial charge is 0.319 e. The summed E-state index contributed by atoms with van der Waals surface area (Å²) < 4.78 is 0.856. The highest BCUT2D eigenvalue weighted by Gasteiger charge is 2.09. The minimum Gasteiger partial charge on any atom is -0.393 e. The first-order valence-corrected chi connectivity index (χ1v) is 7.23. The third-order valence-corrected chi connectivity index (χ3v) is 3.34. The van der Waals surface area contributed by atoms with Crippen molar-refractivity contribution in [1.29, 1.82) is 0 Å². The molecule has 0 aliphatic heterocycles. The zero-order valence-corrected chi connectivity index (χ0v) is 13.3. The number of rotatable bonds is 5. The Morgan fingerprint density at radius 3 is 2.74 bits per heavy atom. The van der Waals surface area contributed by atoms with Gasteiger partial charge in [-0.15, -0.1) is 0 Å². The van der Waals surface area contributed by atoms with Crippen LogP contribution in [0.5, 0.6) is 0 Å². The van der Waals surface area contributed by atoms with Gasteiger partial charge in [-0.3, -0.25) is 0 Å². The summed E-state index contributed by atoms with van der Waals surface area (Å²) >= 11 is 9.30. The van der Waals surface area contributed by atoms with Gasteiger partial charge in [-0.1, -0.05) is 34.5 Å². The molecule has 3 N–H and O–H groups in total. The number of amides is 2. The van der Waals surface area contributed by atoms with Gasteiger partial charge in [0, 0.05) is 11.0 Å². The van der Waals surface area contributed by atoms with Crippen molar-refractivity contribution in [3.8, 4) is 0 Å². The number of halogens is 2. The molecule has 0 spiro atoms. The molecule has 0 heterocycles. The predicted molar refractivity (Wildman–Crippen MR) is 81.6 cm³/mol. The quantitative estimate of drug-likeness (QED) is 0.760. The zero-order valence-electron chi connectivity index (χ0n) is 10.9. The second kappa shape index (κ2) is 7.72. The lowest BCUT2D eigenvalue weighted by molar-refractivity contribution is 0.163. The molecule has 0 saturated heterocycles. The molecular formula is C13H18BrClN2O2. The predicted octanol–water partition coefficient (Wildman–Crippen LogP) is 3.63. The minimum absolute atomic E-state index is 0.214. The van der Waals surface area contributed by atoms with Crippen molar-refractivity contribution in [2.24, 2.45) is 5.92 Å². The van der Waals surface area contributed by atoms with E-state index in [-0.39, 0.29) is 18.1 Å². The fourth-order valence-corrected chi connectivity index (χ4v) is 2.41. The van der Waals surface area contributed by atoms with Crippen LogP contribution in [-0.2, 0) is 0 Å². The summed E-state index contributed by atoms with van der Waals surface area (Å²) in [6.07, 6.45) is 0.292. The molecule has 19 heavy (non-hydrogen) atoms. The van der Waals surface area contributed by atoms with Crippen LogP contribution in [0.2, 0.25) is 5.02 Å². The van der Waals surface area contributed by atoms with E-state index in [4.69, 9.17) is 11.6 Å². The molecular weight excluding hydrogens is 332 g/mol. The lowest BCUT2D eigenvalue weighted by atomic mass is 10.1. The molecule has 2 atom stereocenters. The largest absolute Gasteiger partial charge is 0.393 e. The second-order valence-electron chi connectivity index (χ2n) is 4.65. The molecule has 1 aromatic carbocycles. The number of carbonyl (C=O) groups is 1. The van der Waals surface area contributed by atoms with Crippen LogP contribution in [0.25, 0.3) is 0 Å². The number of hydrogen-bond acceptors (Lipinski definition) is 2. The Kier molecular flexibility index (Phi) is 6.62. The molecule has 0 aliphatic carbocycles. The number of hydrogen-bond donors (Lipinski definition) is 3. The molecule has 6 heteroatoms. The monoisotopic (exact) mass is 348 g/mol. The number of anilines is 1. The Bertz CT molecular complexity index is 441. The van der Waals surface area contributed by atoms with E-state index < -0.39 is 0 Å². The molecule has 4 nitrogen and oxygen atoms in total. The van der Waals surface area contributed by atoms with E-state index in [0.29, 0.717) is 23.7 Å². The van der Waals surface area contributed by atoms with Gasteiger partial charge in [0.25, 0.3) is 0 Å². The number of aliphatic hydroxyl groups is 1. The maximum Gasteiger partial charge on any atom is 0.319 e. The number of urea groups is 1. The van der Waals surface area contributed by atoms with Crippen LogP contribution < -0.4 is 10.6 Å². The van der Waals surface area contributed by atoms with Crippen molar-refractivity contribution < 1.29 is 9.90 Å². The summed E-state index contributed by atoms with van der Waals surface area (Å²) in [7, 11) is 0. The average Bonchev–Trinajstić information content (AvgIpc) is 2.29. The summed E-state index contributed by atoms with van der Waals surface area (Å²) in [6, 6.07) is 4.94. The van der Waals surface area contributed by atoms with Gasteiger partial charge in [0.1, 0.15) is 0 Å². The zero-order chi connectivity index (χ0) is 14.4. The van der Waals surface area contributed by atoms with Crippen molar-refractivity contribution in [1.82, 2.24) is 5.32 Å². The standard InChI is InChI=1S/C13H18BrClN2O2/c1-8(5-9(2)18)7-16-13(19)17-12-4-3-10(14)6-11(12)15/h3-4,6,8-9,18H,5,7H2,1-2H3,(H2,16,17,19). The second-order valence-corrected chi connectivity index (χ2v) is 5.97. The topological polar surface area (TPSA) is 61.4 Å². The fraction of sp³-hybridized carbons (Fsp3) is 0.462. The van der Waals surface area contributed by atoms with Gasteiger partial charge < -0.3 is 15.7 Å². The molecule has 0 fully saturated rings. The molecule has 1 rings (SSSR count). The Balaban J connectivity index is 2.43. The summed E-state index contributed by atoms with van der Waals surface area (Å²) in [5.74, 6) is 0.214. The average molecular weight is 350 g/mol. The minimum atomic E-state index is -0.360. The van der Waals surface area contributed by atoms with E-state index in [2.05, 4.69) is 26.6 Å². The fourth-order valence-electron chi connectivity index (χ4n) is 1.69. The third kappa shape index (κ3) is 6.27. The summed E-state index contributed by atoms with van der Waals surface area (Å²) in [6.45, 7) is 4.21. The van der Waals surface area contributed by atoms with Gasteiger partial charge >= 0.3 is 6.03 Å². The molecule has 2 unspecified atom stereocenters. The van der Waals surface area contributed by atoms with E-state index in [9.17, 15) is 9.90 Å². The van der Waals surface area contributed by atoms with Crippen LogP contribution >= 0.6 is 27.5 Å². The maximum atomic E-state index is 11.7. The number of carbonyl (C=O) groups excluding carboxylic acids is 1.